The van der Waals surface area contributed by atoms with E-state index in [1.54, 1.807) is 18.2 Å². The van der Waals surface area contributed by atoms with Crippen LogP contribution >= 0.6 is 11.8 Å². The van der Waals surface area contributed by atoms with Crippen LogP contribution in [0.3, 0.4) is 0 Å². The molecule has 0 unspecified atom stereocenters. The fourth-order valence-electron chi connectivity index (χ4n) is 2.39. The summed E-state index contributed by atoms with van der Waals surface area (Å²) in [5, 5.41) is 0. The molecule has 0 atom stereocenters. The molecule has 0 saturated carbocycles. The molecule has 1 aromatic carbocycles. The van der Waals surface area contributed by atoms with Crippen molar-refractivity contribution < 1.29 is 8.42 Å². The molecular formula is C14H23N3O2S2. The van der Waals surface area contributed by atoms with Gasteiger partial charge in [0, 0.05) is 37.7 Å². The summed E-state index contributed by atoms with van der Waals surface area (Å²) in [4.78, 5) is 2.47. The third-order valence-electron chi connectivity index (χ3n) is 3.55. The molecule has 1 heterocycles. The van der Waals surface area contributed by atoms with E-state index in [9.17, 15) is 8.42 Å². The number of hydrogen-bond acceptors (Lipinski definition) is 5. The first-order valence-electron chi connectivity index (χ1n) is 6.84. The molecular weight excluding hydrogens is 306 g/mol. The van der Waals surface area contributed by atoms with Crippen molar-refractivity contribution in [3.8, 4) is 0 Å². The molecule has 0 aromatic heterocycles. The van der Waals surface area contributed by atoms with Gasteiger partial charge in [0.2, 0.25) is 10.0 Å². The van der Waals surface area contributed by atoms with Gasteiger partial charge in [0.05, 0.1) is 16.3 Å². The van der Waals surface area contributed by atoms with Gasteiger partial charge in [-0.2, -0.15) is 11.8 Å². The molecule has 5 nitrogen and oxygen atoms in total. The van der Waals surface area contributed by atoms with Crippen molar-refractivity contribution in [1.29, 1.82) is 0 Å². The van der Waals surface area contributed by atoms with E-state index >= 15 is 0 Å². The zero-order chi connectivity index (χ0) is 15.8. The number of nitrogens with zero attached hydrogens (tertiary/aromatic N) is 2. The average Bonchev–Trinajstić information content (AvgIpc) is 2.37. The first kappa shape index (κ1) is 16.5. The molecule has 0 aliphatic carbocycles. The standard InChI is InChI=1S/C14H23N3O2S2/c1-14(2)10-17(7-8-20-14)13-9-11(5-6-12(13)15)21(18,19)16(3)4/h5-6,9H,7-8,10,15H2,1-4H3. The minimum atomic E-state index is -3.44. The van der Waals surface area contributed by atoms with Crippen LogP contribution in [0.5, 0.6) is 0 Å². The molecule has 2 rings (SSSR count). The Bertz CT molecular complexity index is 627. The number of hydrogen-bond donors (Lipinski definition) is 1. The predicted molar refractivity (Wildman–Crippen MR) is 90.5 cm³/mol. The van der Waals surface area contributed by atoms with Gasteiger partial charge < -0.3 is 10.6 Å². The highest BCUT2D eigenvalue weighted by molar-refractivity contribution is 8.00. The second kappa shape index (κ2) is 5.70. The van der Waals surface area contributed by atoms with Crippen molar-refractivity contribution >= 4 is 33.2 Å². The first-order valence-corrected chi connectivity index (χ1v) is 9.27. The van der Waals surface area contributed by atoms with Crippen LogP contribution in [-0.2, 0) is 10.0 Å². The Morgan fingerprint density at radius 2 is 2.00 bits per heavy atom. The molecule has 2 N–H and O–H groups in total. The van der Waals surface area contributed by atoms with Gasteiger partial charge in [-0.3, -0.25) is 0 Å². The number of sulfonamides is 1. The van der Waals surface area contributed by atoms with Crippen LogP contribution in [0, 0.1) is 0 Å². The van der Waals surface area contributed by atoms with E-state index in [1.165, 1.54) is 18.4 Å². The monoisotopic (exact) mass is 329 g/mol. The second-order valence-electron chi connectivity index (χ2n) is 6.04. The van der Waals surface area contributed by atoms with Crippen LogP contribution in [-0.4, -0.2) is 50.4 Å². The maximum absolute atomic E-state index is 12.3. The minimum Gasteiger partial charge on any atom is -0.397 e. The predicted octanol–water partition coefficient (Wildman–Crippen LogP) is 1.85. The summed E-state index contributed by atoms with van der Waals surface area (Å²) < 4.78 is 25.9. The Morgan fingerprint density at radius 3 is 2.57 bits per heavy atom. The van der Waals surface area contributed by atoms with Crippen LogP contribution in [0.1, 0.15) is 13.8 Å². The van der Waals surface area contributed by atoms with Crippen LogP contribution in [0.15, 0.2) is 23.1 Å². The molecule has 0 bridgehead atoms. The van der Waals surface area contributed by atoms with Crippen molar-refractivity contribution in [1.82, 2.24) is 4.31 Å². The van der Waals surface area contributed by atoms with Crippen LogP contribution in [0.25, 0.3) is 0 Å². The van der Waals surface area contributed by atoms with Crippen molar-refractivity contribution in [3.05, 3.63) is 18.2 Å². The number of thioether (sulfide) groups is 1. The largest absolute Gasteiger partial charge is 0.397 e. The summed E-state index contributed by atoms with van der Waals surface area (Å²) in [6.45, 7) is 6.12. The SMILES string of the molecule is CN(C)S(=O)(=O)c1ccc(N)c(N2CCSC(C)(C)C2)c1. The lowest BCUT2D eigenvalue weighted by molar-refractivity contribution is 0.520. The first-order chi connectivity index (χ1) is 9.63. The highest BCUT2D eigenvalue weighted by Gasteiger charge is 2.29. The van der Waals surface area contributed by atoms with Gasteiger partial charge >= 0.3 is 0 Å². The van der Waals surface area contributed by atoms with Crippen molar-refractivity contribution in [3.63, 3.8) is 0 Å². The Morgan fingerprint density at radius 1 is 1.33 bits per heavy atom. The normalized spacial score (nSPS) is 19.0. The van der Waals surface area contributed by atoms with Crippen molar-refractivity contribution in [2.45, 2.75) is 23.5 Å². The van der Waals surface area contributed by atoms with Gasteiger partial charge in [-0.25, -0.2) is 12.7 Å². The number of rotatable bonds is 3. The Hall–Kier alpha value is -0.920. The van der Waals surface area contributed by atoms with E-state index in [-0.39, 0.29) is 9.64 Å². The third kappa shape index (κ3) is 3.46. The highest BCUT2D eigenvalue weighted by atomic mass is 32.2. The van der Waals surface area contributed by atoms with E-state index in [4.69, 9.17) is 5.73 Å². The Kier molecular flexibility index (Phi) is 4.46. The third-order valence-corrected chi connectivity index (χ3v) is 6.66. The molecule has 118 valence electrons. The average molecular weight is 329 g/mol. The highest BCUT2D eigenvalue weighted by Crippen LogP contribution is 2.35. The van der Waals surface area contributed by atoms with Gasteiger partial charge in [0.25, 0.3) is 0 Å². The Labute approximate surface area is 131 Å². The summed E-state index contributed by atoms with van der Waals surface area (Å²) in [6, 6.07) is 4.94. The number of anilines is 2. The molecule has 21 heavy (non-hydrogen) atoms. The number of nitrogen functional groups attached to an aromatic ring is 1. The molecule has 1 aliphatic rings. The molecule has 1 fully saturated rings. The lowest BCUT2D eigenvalue weighted by Gasteiger charge is -2.39. The molecule has 7 heteroatoms. The van der Waals surface area contributed by atoms with Crippen molar-refractivity contribution in [2.24, 2.45) is 0 Å². The Balaban J connectivity index is 2.41. The summed E-state index contributed by atoms with van der Waals surface area (Å²) in [5.41, 5.74) is 7.50. The van der Waals surface area contributed by atoms with Gasteiger partial charge in [0.1, 0.15) is 0 Å². The molecule has 1 aromatic rings. The lowest BCUT2D eigenvalue weighted by Crippen LogP contribution is -2.43. The minimum absolute atomic E-state index is 0.140. The maximum Gasteiger partial charge on any atom is 0.242 e. The van der Waals surface area contributed by atoms with Gasteiger partial charge in [0.15, 0.2) is 0 Å². The van der Waals surface area contributed by atoms with Gasteiger partial charge in [-0.05, 0) is 32.0 Å². The van der Waals surface area contributed by atoms with Gasteiger partial charge in [-0.15, -0.1) is 0 Å². The molecule has 0 radical (unpaired) electrons. The maximum atomic E-state index is 12.3. The van der Waals surface area contributed by atoms with E-state index in [1.807, 2.05) is 11.8 Å². The van der Waals surface area contributed by atoms with E-state index in [0.717, 1.165) is 24.5 Å². The molecule has 0 spiro atoms. The van der Waals surface area contributed by atoms with Crippen molar-refractivity contribution in [2.75, 3.05) is 43.6 Å². The lowest BCUT2D eigenvalue weighted by atomic mass is 10.1. The van der Waals surface area contributed by atoms with E-state index in [0.29, 0.717) is 5.69 Å². The smallest absolute Gasteiger partial charge is 0.242 e. The number of benzene rings is 1. The summed E-state index contributed by atoms with van der Waals surface area (Å²) >= 11 is 1.93. The topological polar surface area (TPSA) is 66.6 Å². The second-order valence-corrected chi connectivity index (χ2v) is 9.99. The van der Waals surface area contributed by atoms with E-state index in [2.05, 4.69) is 18.7 Å². The quantitative estimate of drug-likeness (QED) is 0.857. The fraction of sp³-hybridized carbons (Fsp3) is 0.571. The molecule has 1 aliphatic heterocycles. The molecule has 0 amide bonds. The van der Waals surface area contributed by atoms with Crippen LogP contribution < -0.4 is 10.6 Å². The zero-order valence-electron chi connectivity index (χ0n) is 13.0. The van der Waals surface area contributed by atoms with Gasteiger partial charge in [-0.1, -0.05) is 0 Å². The van der Waals surface area contributed by atoms with Crippen LogP contribution in [0.4, 0.5) is 11.4 Å². The van der Waals surface area contributed by atoms with E-state index < -0.39 is 10.0 Å². The zero-order valence-corrected chi connectivity index (χ0v) is 14.6. The van der Waals surface area contributed by atoms with Crippen LogP contribution in [0.2, 0.25) is 0 Å². The summed E-state index contributed by atoms with van der Waals surface area (Å²) in [5.74, 6) is 1.01. The summed E-state index contributed by atoms with van der Waals surface area (Å²) in [7, 11) is -0.370. The number of nitrogens with two attached hydrogens (primary N) is 1. The summed E-state index contributed by atoms with van der Waals surface area (Å²) in [6.07, 6.45) is 0. The molecule has 1 saturated heterocycles. The fourth-order valence-corrected chi connectivity index (χ4v) is 4.42.